The van der Waals surface area contributed by atoms with E-state index in [4.69, 9.17) is 4.42 Å². The van der Waals surface area contributed by atoms with Gasteiger partial charge in [0, 0.05) is 26.6 Å². The normalized spacial score (nSPS) is 12.5. The predicted molar refractivity (Wildman–Crippen MR) is 61.4 cm³/mol. The first kappa shape index (κ1) is 11.8. The van der Waals surface area contributed by atoms with Crippen molar-refractivity contribution in [2.24, 2.45) is 5.92 Å². The number of rotatable bonds is 5. The average Bonchev–Trinajstić information content (AvgIpc) is 2.66. The van der Waals surface area contributed by atoms with Crippen LogP contribution in [0.2, 0.25) is 0 Å². The topological polar surface area (TPSA) is 33.5 Å². The zero-order valence-corrected chi connectivity index (χ0v) is 9.91. The van der Waals surface area contributed by atoms with Crippen LogP contribution in [-0.2, 0) is 0 Å². The summed E-state index contributed by atoms with van der Waals surface area (Å²) >= 11 is 0. The van der Waals surface area contributed by atoms with Crippen molar-refractivity contribution in [2.45, 2.75) is 27.2 Å². The van der Waals surface area contributed by atoms with Gasteiger partial charge in [0.1, 0.15) is 0 Å². The Balaban J connectivity index is 2.65. The highest BCUT2D eigenvalue weighted by molar-refractivity contribution is 5.91. The number of furan rings is 1. The highest BCUT2D eigenvalue weighted by atomic mass is 16.4. The van der Waals surface area contributed by atoms with E-state index >= 15 is 0 Å². The Bertz CT molecular complexity index is 330. The minimum absolute atomic E-state index is 0.0295. The molecule has 84 valence electrons. The van der Waals surface area contributed by atoms with Crippen molar-refractivity contribution < 1.29 is 9.21 Å². The molecule has 1 unspecified atom stereocenters. The Kier molecular flexibility index (Phi) is 3.95. The van der Waals surface area contributed by atoms with Crippen LogP contribution in [0.5, 0.6) is 0 Å². The van der Waals surface area contributed by atoms with E-state index in [1.165, 1.54) is 6.92 Å². The van der Waals surface area contributed by atoms with Crippen LogP contribution in [0.3, 0.4) is 0 Å². The van der Waals surface area contributed by atoms with E-state index in [0.717, 1.165) is 18.8 Å². The standard InChI is InChI=1S/C12H19NO2/c1-5-9(2)8-13(4)12-7-6-11(15-12)10(3)14/h6-7,9H,5,8H2,1-4H3. The van der Waals surface area contributed by atoms with Crippen LogP contribution in [0.15, 0.2) is 16.5 Å². The fourth-order valence-electron chi connectivity index (χ4n) is 1.41. The summed E-state index contributed by atoms with van der Waals surface area (Å²) in [5, 5.41) is 0. The third-order valence-corrected chi connectivity index (χ3v) is 2.60. The number of hydrogen-bond acceptors (Lipinski definition) is 3. The molecular formula is C12H19NO2. The number of anilines is 1. The zero-order chi connectivity index (χ0) is 11.4. The maximum Gasteiger partial charge on any atom is 0.196 e. The summed E-state index contributed by atoms with van der Waals surface area (Å²) < 4.78 is 5.43. The Labute approximate surface area is 91.1 Å². The van der Waals surface area contributed by atoms with Crippen molar-refractivity contribution in [1.29, 1.82) is 0 Å². The predicted octanol–water partition coefficient (Wildman–Crippen LogP) is 2.96. The molecule has 15 heavy (non-hydrogen) atoms. The maximum atomic E-state index is 11.0. The summed E-state index contributed by atoms with van der Waals surface area (Å²) in [6, 6.07) is 3.57. The second-order valence-electron chi connectivity index (χ2n) is 4.09. The SMILES string of the molecule is CCC(C)CN(C)c1ccc(C(C)=O)o1. The number of nitrogens with zero attached hydrogens (tertiary/aromatic N) is 1. The van der Waals surface area contributed by atoms with Crippen molar-refractivity contribution in [2.75, 3.05) is 18.5 Å². The second-order valence-corrected chi connectivity index (χ2v) is 4.09. The number of hydrogen-bond donors (Lipinski definition) is 0. The van der Waals surface area contributed by atoms with Crippen molar-refractivity contribution in [1.82, 2.24) is 0 Å². The summed E-state index contributed by atoms with van der Waals surface area (Å²) in [4.78, 5) is 13.1. The first-order chi connectivity index (χ1) is 7.04. The van der Waals surface area contributed by atoms with E-state index < -0.39 is 0 Å². The van der Waals surface area contributed by atoms with Crippen molar-refractivity contribution in [3.8, 4) is 0 Å². The quantitative estimate of drug-likeness (QED) is 0.699. The molecular weight excluding hydrogens is 190 g/mol. The van der Waals surface area contributed by atoms with E-state index in [9.17, 15) is 4.79 Å². The van der Waals surface area contributed by atoms with Gasteiger partial charge in [-0.25, -0.2) is 0 Å². The molecule has 0 amide bonds. The third-order valence-electron chi connectivity index (χ3n) is 2.60. The van der Waals surface area contributed by atoms with Crippen LogP contribution >= 0.6 is 0 Å². The first-order valence-corrected chi connectivity index (χ1v) is 5.36. The second kappa shape index (κ2) is 5.01. The van der Waals surface area contributed by atoms with Crippen LogP contribution in [0.25, 0.3) is 0 Å². The van der Waals surface area contributed by atoms with Gasteiger partial charge < -0.3 is 9.32 Å². The van der Waals surface area contributed by atoms with E-state index in [2.05, 4.69) is 13.8 Å². The molecule has 1 heterocycles. The van der Waals surface area contributed by atoms with Gasteiger partial charge in [-0.15, -0.1) is 0 Å². The fourth-order valence-corrected chi connectivity index (χ4v) is 1.41. The summed E-state index contributed by atoms with van der Waals surface area (Å²) in [5.41, 5.74) is 0. The van der Waals surface area contributed by atoms with Gasteiger partial charge in [-0.2, -0.15) is 0 Å². The van der Waals surface area contributed by atoms with Crippen LogP contribution in [0.4, 0.5) is 5.88 Å². The van der Waals surface area contributed by atoms with Gasteiger partial charge in [-0.05, 0) is 12.0 Å². The Morgan fingerprint density at radius 1 is 1.53 bits per heavy atom. The lowest BCUT2D eigenvalue weighted by Crippen LogP contribution is -2.23. The average molecular weight is 209 g/mol. The molecule has 1 aromatic rings. The third kappa shape index (κ3) is 3.11. The van der Waals surface area contributed by atoms with Gasteiger partial charge in [-0.1, -0.05) is 20.3 Å². The van der Waals surface area contributed by atoms with Crippen LogP contribution in [0, 0.1) is 5.92 Å². The van der Waals surface area contributed by atoms with Gasteiger partial charge in [-0.3, -0.25) is 4.79 Å². The number of Topliss-reactive ketones (excluding diaryl/α,β-unsaturated/α-hetero) is 1. The highest BCUT2D eigenvalue weighted by Crippen LogP contribution is 2.19. The molecule has 1 aromatic heterocycles. The van der Waals surface area contributed by atoms with Gasteiger partial charge in [0.05, 0.1) is 0 Å². The van der Waals surface area contributed by atoms with Crippen LogP contribution in [-0.4, -0.2) is 19.4 Å². The number of ketones is 1. The molecule has 3 heteroatoms. The minimum atomic E-state index is -0.0295. The van der Waals surface area contributed by atoms with Crippen molar-refractivity contribution >= 4 is 11.7 Å². The zero-order valence-electron chi connectivity index (χ0n) is 9.91. The molecule has 0 aliphatic rings. The summed E-state index contributed by atoms with van der Waals surface area (Å²) in [6.07, 6.45) is 1.14. The molecule has 1 atom stereocenters. The van der Waals surface area contributed by atoms with E-state index in [1.54, 1.807) is 6.07 Å². The largest absolute Gasteiger partial charge is 0.437 e. The number of carbonyl (C=O) groups is 1. The molecule has 0 radical (unpaired) electrons. The molecule has 0 aromatic carbocycles. The maximum absolute atomic E-state index is 11.0. The smallest absolute Gasteiger partial charge is 0.196 e. The Morgan fingerprint density at radius 3 is 2.67 bits per heavy atom. The van der Waals surface area contributed by atoms with E-state index in [-0.39, 0.29) is 5.78 Å². The van der Waals surface area contributed by atoms with E-state index in [0.29, 0.717) is 11.7 Å². The molecule has 3 nitrogen and oxygen atoms in total. The molecule has 0 N–H and O–H groups in total. The highest BCUT2D eigenvalue weighted by Gasteiger charge is 2.11. The molecule has 0 bridgehead atoms. The molecule has 0 spiro atoms. The van der Waals surface area contributed by atoms with E-state index in [1.807, 2.05) is 18.0 Å². The van der Waals surface area contributed by atoms with Gasteiger partial charge in [0.2, 0.25) is 0 Å². The molecule has 0 fully saturated rings. The number of carbonyl (C=O) groups excluding carboxylic acids is 1. The van der Waals surface area contributed by atoms with Gasteiger partial charge in [0.15, 0.2) is 17.4 Å². The van der Waals surface area contributed by atoms with Crippen molar-refractivity contribution in [3.05, 3.63) is 17.9 Å². The summed E-state index contributed by atoms with van der Waals surface area (Å²) in [6.45, 7) is 6.83. The molecule has 0 aliphatic heterocycles. The van der Waals surface area contributed by atoms with Crippen LogP contribution < -0.4 is 4.90 Å². The lowest BCUT2D eigenvalue weighted by atomic mass is 10.1. The lowest BCUT2D eigenvalue weighted by molar-refractivity contribution is 0.0988. The lowest BCUT2D eigenvalue weighted by Gasteiger charge is -2.19. The van der Waals surface area contributed by atoms with Crippen molar-refractivity contribution in [3.63, 3.8) is 0 Å². The summed E-state index contributed by atoms with van der Waals surface area (Å²) in [7, 11) is 1.98. The Morgan fingerprint density at radius 2 is 2.20 bits per heavy atom. The fraction of sp³-hybridized carbons (Fsp3) is 0.583. The Hall–Kier alpha value is -1.25. The first-order valence-electron chi connectivity index (χ1n) is 5.36. The monoisotopic (exact) mass is 209 g/mol. The van der Waals surface area contributed by atoms with Gasteiger partial charge >= 0.3 is 0 Å². The minimum Gasteiger partial charge on any atom is -0.437 e. The molecule has 1 rings (SSSR count). The summed E-state index contributed by atoms with van der Waals surface area (Å²) in [5.74, 6) is 1.79. The van der Waals surface area contributed by atoms with Gasteiger partial charge in [0.25, 0.3) is 0 Å². The molecule has 0 saturated carbocycles. The molecule has 0 saturated heterocycles. The van der Waals surface area contributed by atoms with Crippen LogP contribution in [0.1, 0.15) is 37.7 Å². The molecule has 0 aliphatic carbocycles.